The van der Waals surface area contributed by atoms with Crippen molar-refractivity contribution in [2.45, 2.75) is 6.92 Å². The topological polar surface area (TPSA) is 63.3 Å². The predicted octanol–water partition coefficient (Wildman–Crippen LogP) is 3.25. The predicted molar refractivity (Wildman–Crippen MR) is 61.3 cm³/mol. The van der Waals surface area contributed by atoms with Crippen LogP contribution in [-0.2, 0) is 0 Å². The fourth-order valence-electron chi connectivity index (χ4n) is 1.41. The molecule has 4 nitrogen and oxygen atoms in total. The van der Waals surface area contributed by atoms with E-state index in [1.807, 2.05) is 0 Å². The quantitative estimate of drug-likeness (QED) is 0.924. The molecule has 0 fully saturated rings. The van der Waals surface area contributed by atoms with Gasteiger partial charge in [0.2, 0.25) is 5.76 Å². The Bertz CT molecular complexity index is 594. The fourth-order valence-corrected chi connectivity index (χ4v) is 1.85. The Hall–Kier alpha value is -1.69. The van der Waals surface area contributed by atoms with Crippen molar-refractivity contribution in [3.05, 3.63) is 39.8 Å². The third kappa shape index (κ3) is 2.21. The summed E-state index contributed by atoms with van der Waals surface area (Å²) in [6, 6.07) is 4.31. The Morgan fingerprint density at radius 3 is 2.76 bits per heavy atom. The van der Waals surface area contributed by atoms with Crippen molar-refractivity contribution in [1.82, 2.24) is 5.16 Å². The van der Waals surface area contributed by atoms with Crippen LogP contribution >= 0.6 is 15.9 Å². The molecule has 0 saturated heterocycles. The normalized spacial score (nSPS) is 10.5. The van der Waals surface area contributed by atoms with E-state index >= 15 is 0 Å². The number of aromatic carboxylic acids is 1. The average Bonchev–Trinajstić information content (AvgIpc) is 2.72. The van der Waals surface area contributed by atoms with Crippen LogP contribution in [0.15, 0.2) is 27.2 Å². The maximum Gasteiger partial charge on any atom is 0.374 e. The summed E-state index contributed by atoms with van der Waals surface area (Å²) < 4.78 is 18.3. The molecule has 0 aliphatic heterocycles. The molecule has 0 unspecified atom stereocenters. The molecule has 1 heterocycles. The summed E-state index contributed by atoms with van der Waals surface area (Å²) in [5, 5.41) is 12.3. The highest BCUT2D eigenvalue weighted by molar-refractivity contribution is 9.10. The van der Waals surface area contributed by atoms with E-state index in [1.165, 1.54) is 12.1 Å². The summed E-state index contributed by atoms with van der Waals surface area (Å²) in [6.45, 7) is 1.73. The van der Waals surface area contributed by atoms with E-state index in [0.717, 1.165) is 0 Å². The number of carboxylic acid groups (broad SMARTS) is 1. The van der Waals surface area contributed by atoms with Gasteiger partial charge in [0, 0.05) is 11.6 Å². The zero-order chi connectivity index (χ0) is 12.6. The third-order valence-corrected chi connectivity index (χ3v) is 2.98. The zero-order valence-electron chi connectivity index (χ0n) is 8.70. The molecule has 0 aliphatic rings. The van der Waals surface area contributed by atoms with E-state index in [1.54, 1.807) is 13.0 Å². The van der Waals surface area contributed by atoms with Gasteiger partial charge in [0.05, 0.1) is 4.47 Å². The molecule has 1 aromatic carbocycles. The number of halogens is 2. The first kappa shape index (κ1) is 11.8. The number of benzene rings is 1. The number of hydrogen-bond acceptors (Lipinski definition) is 3. The second kappa shape index (κ2) is 4.29. The molecular formula is C11H7BrFNO3. The van der Waals surface area contributed by atoms with E-state index in [0.29, 0.717) is 11.1 Å². The summed E-state index contributed by atoms with van der Waals surface area (Å²) in [7, 11) is 0. The van der Waals surface area contributed by atoms with Crippen LogP contribution in [0.2, 0.25) is 0 Å². The van der Waals surface area contributed by atoms with Crippen molar-refractivity contribution in [3.63, 3.8) is 0 Å². The van der Waals surface area contributed by atoms with Gasteiger partial charge in [-0.3, -0.25) is 0 Å². The molecule has 0 atom stereocenters. The first-order valence-corrected chi connectivity index (χ1v) is 5.44. The first-order valence-electron chi connectivity index (χ1n) is 4.65. The molecular weight excluding hydrogens is 293 g/mol. The van der Waals surface area contributed by atoms with Crippen molar-refractivity contribution in [3.8, 4) is 11.3 Å². The smallest absolute Gasteiger partial charge is 0.374 e. The molecule has 1 aromatic heterocycles. The monoisotopic (exact) mass is 299 g/mol. The van der Waals surface area contributed by atoms with Gasteiger partial charge in [-0.15, -0.1) is 0 Å². The van der Waals surface area contributed by atoms with Crippen molar-refractivity contribution in [2.75, 3.05) is 0 Å². The summed E-state index contributed by atoms with van der Waals surface area (Å²) in [6.07, 6.45) is 0. The Labute approximate surface area is 104 Å². The van der Waals surface area contributed by atoms with Gasteiger partial charge < -0.3 is 9.63 Å². The summed E-state index contributed by atoms with van der Waals surface area (Å²) in [5.41, 5.74) is 1.44. The summed E-state index contributed by atoms with van der Waals surface area (Å²) in [5.74, 6) is -1.93. The number of rotatable bonds is 2. The first-order chi connectivity index (χ1) is 7.99. The van der Waals surface area contributed by atoms with Crippen molar-refractivity contribution < 1.29 is 18.8 Å². The van der Waals surface area contributed by atoms with Crippen LogP contribution in [0.4, 0.5) is 4.39 Å². The molecule has 0 spiro atoms. The van der Waals surface area contributed by atoms with Crippen LogP contribution in [-0.4, -0.2) is 16.2 Å². The highest BCUT2D eigenvalue weighted by Gasteiger charge is 2.16. The minimum atomic E-state index is -1.21. The lowest BCUT2D eigenvalue weighted by Crippen LogP contribution is -1.91. The lowest BCUT2D eigenvalue weighted by atomic mass is 10.1. The Morgan fingerprint density at radius 2 is 2.18 bits per heavy atom. The molecule has 0 saturated carbocycles. The molecule has 0 aliphatic carbocycles. The number of hydrogen-bond donors (Lipinski definition) is 1. The number of aryl methyl sites for hydroxylation is 1. The van der Waals surface area contributed by atoms with Crippen LogP contribution in [0.25, 0.3) is 11.3 Å². The largest absolute Gasteiger partial charge is 0.475 e. The second-order valence-electron chi connectivity index (χ2n) is 3.49. The standard InChI is InChI=1S/C11H7BrFNO3/c1-5-2-6(10(12)7(13)3-5)8-4-9(11(15)16)17-14-8/h2-4H,1H3,(H,15,16). The molecule has 88 valence electrons. The maximum absolute atomic E-state index is 13.5. The van der Waals surface area contributed by atoms with Gasteiger partial charge in [0.1, 0.15) is 11.5 Å². The third-order valence-electron chi connectivity index (χ3n) is 2.17. The maximum atomic E-state index is 13.5. The van der Waals surface area contributed by atoms with Crippen LogP contribution in [0.1, 0.15) is 16.1 Å². The molecule has 17 heavy (non-hydrogen) atoms. The molecule has 0 bridgehead atoms. The van der Waals surface area contributed by atoms with E-state index in [2.05, 4.69) is 25.6 Å². The number of carbonyl (C=O) groups is 1. The van der Waals surface area contributed by atoms with Gasteiger partial charge >= 0.3 is 5.97 Å². The van der Waals surface area contributed by atoms with E-state index in [-0.39, 0.29) is 15.9 Å². The van der Waals surface area contributed by atoms with E-state index < -0.39 is 11.8 Å². The Kier molecular flexibility index (Phi) is 2.97. The SMILES string of the molecule is Cc1cc(F)c(Br)c(-c2cc(C(=O)O)on2)c1. The average molecular weight is 300 g/mol. The number of nitrogens with zero attached hydrogens (tertiary/aromatic N) is 1. The van der Waals surface area contributed by atoms with Gasteiger partial charge in [-0.2, -0.15) is 0 Å². The van der Waals surface area contributed by atoms with Crippen LogP contribution in [0, 0.1) is 12.7 Å². The van der Waals surface area contributed by atoms with Crippen LogP contribution < -0.4 is 0 Å². The van der Waals surface area contributed by atoms with E-state index in [9.17, 15) is 9.18 Å². The highest BCUT2D eigenvalue weighted by atomic mass is 79.9. The van der Waals surface area contributed by atoms with E-state index in [4.69, 9.17) is 5.11 Å². The number of carboxylic acids is 1. The van der Waals surface area contributed by atoms with Crippen molar-refractivity contribution in [1.29, 1.82) is 0 Å². The summed E-state index contributed by atoms with van der Waals surface area (Å²) in [4.78, 5) is 10.6. The lowest BCUT2D eigenvalue weighted by Gasteiger charge is -2.03. The Morgan fingerprint density at radius 1 is 1.47 bits per heavy atom. The zero-order valence-corrected chi connectivity index (χ0v) is 10.3. The molecule has 0 radical (unpaired) electrons. The van der Waals surface area contributed by atoms with Gasteiger partial charge in [-0.05, 0) is 40.5 Å². The minimum Gasteiger partial charge on any atom is -0.475 e. The Balaban J connectivity index is 2.56. The van der Waals surface area contributed by atoms with Crippen LogP contribution in [0.5, 0.6) is 0 Å². The van der Waals surface area contributed by atoms with Crippen molar-refractivity contribution >= 4 is 21.9 Å². The molecule has 2 aromatic rings. The lowest BCUT2D eigenvalue weighted by molar-refractivity contribution is 0.0652. The molecule has 2 rings (SSSR count). The molecule has 1 N–H and O–H groups in total. The van der Waals surface area contributed by atoms with Crippen LogP contribution in [0.3, 0.4) is 0 Å². The van der Waals surface area contributed by atoms with Gasteiger partial charge in [-0.25, -0.2) is 9.18 Å². The van der Waals surface area contributed by atoms with Gasteiger partial charge in [0.15, 0.2) is 0 Å². The van der Waals surface area contributed by atoms with Crippen molar-refractivity contribution in [2.24, 2.45) is 0 Å². The molecule has 0 amide bonds. The number of aromatic nitrogens is 1. The minimum absolute atomic E-state index is 0.230. The van der Waals surface area contributed by atoms with Gasteiger partial charge in [0.25, 0.3) is 0 Å². The summed E-state index contributed by atoms with van der Waals surface area (Å²) >= 11 is 3.09. The fraction of sp³-hybridized carbons (Fsp3) is 0.0909. The highest BCUT2D eigenvalue weighted by Crippen LogP contribution is 2.31. The molecule has 6 heteroatoms. The van der Waals surface area contributed by atoms with Gasteiger partial charge in [-0.1, -0.05) is 5.16 Å². The second-order valence-corrected chi connectivity index (χ2v) is 4.28.